The largest absolute Gasteiger partial charge is 0.461 e. The van der Waals surface area contributed by atoms with Gasteiger partial charge in [0.1, 0.15) is 12.1 Å². The summed E-state index contributed by atoms with van der Waals surface area (Å²) >= 11 is 0. The van der Waals surface area contributed by atoms with Gasteiger partial charge in [0.25, 0.3) is 0 Å². The summed E-state index contributed by atoms with van der Waals surface area (Å²) in [5.41, 5.74) is 3.81. The van der Waals surface area contributed by atoms with Crippen LogP contribution in [0.25, 0.3) is 0 Å². The summed E-state index contributed by atoms with van der Waals surface area (Å²) in [6.07, 6.45) is 8.19. The molecule has 0 saturated heterocycles. The molecule has 1 atom stereocenters. The Balaban J connectivity index is 1.73. The maximum atomic E-state index is 12.6. The molecule has 188 valence electrons. The molecular formula is C25H37N3O6. The van der Waals surface area contributed by atoms with Crippen LogP contribution >= 0.6 is 0 Å². The van der Waals surface area contributed by atoms with Crippen LogP contribution in [0.15, 0.2) is 24.3 Å². The van der Waals surface area contributed by atoms with E-state index in [-0.39, 0.29) is 23.8 Å². The average molecular weight is 476 g/mol. The van der Waals surface area contributed by atoms with Crippen LogP contribution in [0.2, 0.25) is 0 Å². The molecule has 0 unspecified atom stereocenters. The topological polar surface area (TPSA) is 123 Å². The predicted octanol–water partition coefficient (Wildman–Crippen LogP) is 3.18. The number of ether oxygens (including phenoxy) is 1. The number of carbonyl (C=O) groups excluding carboxylic acids is 4. The van der Waals surface area contributed by atoms with E-state index in [2.05, 4.69) is 21.0 Å². The zero-order chi connectivity index (χ0) is 24.8. The zero-order valence-electron chi connectivity index (χ0n) is 20.2. The Morgan fingerprint density at radius 2 is 1.56 bits per heavy atom. The molecule has 1 fully saturated rings. The van der Waals surface area contributed by atoms with Crippen LogP contribution in [-0.4, -0.2) is 42.9 Å². The highest BCUT2D eigenvalue weighted by atomic mass is 16.6. The van der Waals surface area contributed by atoms with Gasteiger partial charge in [-0.05, 0) is 56.2 Å². The number of anilines is 1. The Morgan fingerprint density at radius 3 is 2.15 bits per heavy atom. The van der Waals surface area contributed by atoms with E-state index in [1.165, 1.54) is 14.0 Å². The molecule has 1 aliphatic rings. The summed E-state index contributed by atoms with van der Waals surface area (Å²) in [5, 5.41) is 5.56. The van der Waals surface area contributed by atoms with Gasteiger partial charge in [0, 0.05) is 31.9 Å². The molecule has 2 rings (SSSR count). The van der Waals surface area contributed by atoms with Crippen LogP contribution in [0.1, 0.15) is 76.7 Å². The molecule has 34 heavy (non-hydrogen) atoms. The van der Waals surface area contributed by atoms with Crippen molar-refractivity contribution in [2.24, 2.45) is 0 Å². The summed E-state index contributed by atoms with van der Waals surface area (Å²) in [5.74, 6) is -0.895. The number of hydrogen-bond donors (Lipinski definition) is 3. The van der Waals surface area contributed by atoms with Crippen LogP contribution in [0, 0.1) is 0 Å². The Hall–Kier alpha value is -2.94. The molecule has 0 aliphatic heterocycles. The quantitative estimate of drug-likeness (QED) is 0.216. The Kier molecular flexibility index (Phi) is 12.1. The molecule has 0 spiro atoms. The number of nitrogens with one attached hydrogen (secondary N) is 3. The number of hydrogen-bond acceptors (Lipinski definition) is 6. The molecule has 0 bridgehead atoms. The summed E-state index contributed by atoms with van der Waals surface area (Å²) in [4.78, 5) is 52.1. The molecule has 3 amide bonds. The van der Waals surface area contributed by atoms with Crippen LogP contribution in [0.4, 0.5) is 5.69 Å². The molecule has 0 aromatic heterocycles. The van der Waals surface area contributed by atoms with Gasteiger partial charge >= 0.3 is 5.97 Å². The van der Waals surface area contributed by atoms with E-state index >= 15 is 0 Å². The lowest BCUT2D eigenvalue weighted by molar-refractivity contribution is -0.152. The number of rotatable bonds is 14. The van der Waals surface area contributed by atoms with Crippen LogP contribution in [-0.2, 0) is 35.2 Å². The molecule has 1 aromatic carbocycles. The number of unbranched alkanes of at least 4 members (excludes halogenated alkanes) is 3. The van der Waals surface area contributed by atoms with Crippen molar-refractivity contribution in [3.63, 3.8) is 0 Å². The lowest BCUT2D eigenvalue weighted by atomic mass is 10.1. The maximum absolute atomic E-state index is 12.6. The van der Waals surface area contributed by atoms with Gasteiger partial charge in [0.05, 0.1) is 7.11 Å². The first kappa shape index (κ1) is 27.3. The van der Waals surface area contributed by atoms with E-state index < -0.39 is 12.0 Å². The van der Waals surface area contributed by atoms with Crippen LogP contribution < -0.4 is 16.1 Å². The standard InChI is InChI=1S/C25H37N3O6/c1-18(29)26-22(25(32)34-21-9-7-8-10-21)17-19-13-15-20(16-14-19)27-23(30)11-5-3-4-6-12-24(31)28-33-2/h13-16,21-22H,3-12,17H2,1-2H3,(H,26,29)(H,27,30)(H,28,31)/t22-/m0/s1. The molecule has 3 N–H and O–H groups in total. The van der Waals surface area contributed by atoms with Gasteiger partial charge in [0.2, 0.25) is 17.7 Å². The van der Waals surface area contributed by atoms with E-state index in [9.17, 15) is 19.2 Å². The van der Waals surface area contributed by atoms with Gasteiger partial charge in [-0.15, -0.1) is 0 Å². The minimum Gasteiger partial charge on any atom is -0.461 e. The van der Waals surface area contributed by atoms with Crippen molar-refractivity contribution < 1.29 is 28.8 Å². The Bertz CT molecular complexity index is 805. The van der Waals surface area contributed by atoms with E-state index in [1.807, 2.05) is 12.1 Å². The maximum Gasteiger partial charge on any atom is 0.329 e. The number of amides is 3. The highest BCUT2D eigenvalue weighted by Crippen LogP contribution is 2.22. The van der Waals surface area contributed by atoms with Gasteiger partial charge in [-0.3, -0.25) is 19.2 Å². The summed E-state index contributed by atoms with van der Waals surface area (Å²) in [7, 11) is 1.40. The average Bonchev–Trinajstić information content (AvgIpc) is 3.30. The fraction of sp³-hybridized carbons (Fsp3) is 0.600. The molecule has 0 radical (unpaired) electrons. The van der Waals surface area contributed by atoms with Crippen molar-refractivity contribution in [1.29, 1.82) is 0 Å². The highest BCUT2D eigenvalue weighted by Gasteiger charge is 2.26. The molecule has 1 aromatic rings. The number of benzene rings is 1. The molecule has 9 heteroatoms. The second-order valence-corrected chi connectivity index (χ2v) is 8.69. The first-order valence-corrected chi connectivity index (χ1v) is 12.1. The zero-order valence-corrected chi connectivity index (χ0v) is 20.2. The van der Waals surface area contributed by atoms with Gasteiger partial charge in [-0.1, -0.05) is 25.0 Å². The van der Waals surface area contributed by atoms with Crippen molar-refractivity contribution >= 4 is 29.4 Å². The SMILES string of the molecule is CONC(=O)CCCCCCC(=O)Nc1ccc(C[C@H](NC(C)=O)C(=O)OC2CCCC2)cc1. The first-order chi connectivity index (χ1) is 16.4. The number of hydroxylamine groups is 1. The van der Waals surface area contributed by atoms with Crippen LogP contribution in [0.3, 0.4) is 0 Å². The fourth-order valence-electron chi connectivity index (χ4n) is 3.96. The number of carbonyl (C=O) groups is 4. The number of esters is 1. The molecule has 1 saturated carbocycles. The smallest absolute Gasteiger partial charge is 0.329 e. The predicted molar refractivity (Wildman–Crippen MR) is 128 cm³/mol. The highest BCUT2D eigenvalue weighted by molar-refractivity contribution is 5.90. The Morgan fingerprint density at radius 1 is 0.941 bits per heavy atom. The second kappa shape index (κ2) is 15.1. The van der Waals surface area contributed by atoms with Crippen molar-refractivity contribution in [3.05, 3.63) is 29.8 Å². The minimum atomic E-state index is -0.737. The van der Waals surface area contributed by atoms with Gasteiger partial charge < -0.3 is 15.4 Å². The molecular weight excluding hydrogens is 438 g/mol. The third kappa shape index (κ3) is 10.8. The van der Waals surface area contributed by atoms with Crippen molar-refractivity contribution in [3.8, 4) is 0 Å². The lowest BCUT2D eigenvalue weighted by Crippen LogP contribution is -2.43. The minimum absolute atomic E-state index is 0.0588. The third-order valence-electron chi connectivity index (χ3n) is 5.70. The third-order valence-corrected chi connectivity index (χ3v) is 5.70. The summed E-state index contributed by atoms with van der Waals surface area (Å²) in [6, 6.07) is 6.50. The molecule has 1 aliphatic carbocycles. The summed E-state index contributed by atoms with van der Waals surface area (Å²) < 4.78 is 5.57. The second-order valence-electron chi connectivity index (χ2n) is 8.69. The van der Waals surface area contributed by atoms with Gasteiger partial charge in [0.15, 0.2) is 0 Å². The monoisotopic (exact) mass is 475 g/mol. The van der Waals surface area contributed by atoms with Gasteiger partial charge in [-0.2, -0.15) is 0 Å². The van der Waals surface area contributed by atoms with E-state index in [1.54, 1.807) is 12.1 Å². The van der Waals surface area contributed by atoms with Crippen molar-refractivity contribution in [2.75, 3.05) is 12.4 Å². The van der Waals surface area contributed by atoms with Crippen molar-refractivity contribution in [1.82, 2.24) is 10.8 Å². The first-order valence-electron chi connectivity index (χ1n) is 12.1. The van der Waals surface area contributed by atoms with Crippen LogP contribution in [0.5, 0.6) is 0 Å². The molecule has 9 nitrogen and oxygen atoms in total. The van der Waals surface area contributed by atoms with Gasteiger partial charge in [-0.25, -0.2) is 10.3 Å². The van der Waals surface area contributed by atoms with E-state index in [4.69, 9.17) is 4.74 Å². The van der Waals surface area contributed by atoms with E-state index in [0.29, 0.717) is 24.9 Å². The summed E-state index contributed by atoms with van der Waals surface area (Å²) in [6.45, 7) is 1.38. The molecule has 0 heterocycles. The fourth-order valence-corrected chi connectivity index (χ4v) is 3.96. The lowest BCUT2D eigenvalue weighted by Gasteiger charge is -2.20. The van der Waals surface area contributed by atoms with E-state index in [0.717, 1.165) is 56.9 Å². The Labute approximate surface area is 201 Å². The normalized spacial score (nSPS) is 14.3. The van der Waals surface area contributed by atoms with Crippen molar-refractivity contribution in [2.45, 2.75) is 89.7 Å².